The summed E-state index contributed by atoms with van der Waals surface area (Å²) in [5, 5.41) is 0. The number of aryl methyl sites for hydroxylation is 2. The molecule has 1 aliphatic carbocycles. The van der Waals surface area contributed by atoms with Crippen molar-refractivity contribution >= 4 is 21.5 Å². The Bertz CT molecular complexity index is 960. The third-order valence-corrected chi connectivity index (χ3v) is 8.30. The molecule has 1 fully saturated rings. The van der Waals surface area contributed by atoms with E-state index in [2.05, 4.69) is 10.4 Å². The Morgan fingerprint density at radius 1 is 1.10 bits per heavy atom. The molecule has 1 aromatic carbocycles. The zero-order valence-electron chi connectivity index (χ0n) is 18.7. The third kappa shape index (κ3) is 7.20. The second-order valence-corrected chi connectivity index (χ2v) is 11.1. The van der Waals surface area contributed by atoms with Gasteiger partial charge in [0.25, 0.3) is 5.91 Å². The first kappa shape index (κ1) is 23.5. The Kier molecular flexibility index (Phi) is 8.29. The van der Waals surface area contributed by atoms with Gasteiger partial charge in [-0.05, 0) is 69.2 Å². The maximum atomic E-state index is 13.1. The molecule has 1 saturated heterocycles. The van der Waals surface area contributed by atoms with Gasteiger partial charge >= 0.3 is 0 Å². The number of hydrogen-bond acceptors (Lipinski definition) is 4. The maximum Gasteiger partial charge on any atom is 0.257 e. The molecule has 7 heteroatoms. The summed E-state index contributed by atoms with van der Waals surface area (Å²) in [6, 6.07) is 5.89. The highest BCUT2D eigenvalue weighted by molar-refractivity contribution is 7.93. The number of allylic oxidation sites excluding steroid dienone is 1. The molecule has 2 amide bonds. The molecule has 1 aliphatic heterocycles. The van der Waals surface area contributed by atoms with Gasteiger partial charge in [0.1, 0.15) is 5.75 Å². The Morgan fingerprint density at radius 3 is 2.68 bits per heavy atom. The molecule has 170 valence electrons. The highest BCUT2D eigenvalue weighted by Crippen LogP contribution is 2.21. The van der Waals surface area contributed by atoms with Crippen LogP contribution >= 0.6 is 0 Å². The number of ether oxygens (including phenoxy) is 1. The van der Waals surface area contributed by atoms with Crippen molar-refractivity contribution in [1.82, 2.24) is 4.90 Å². The van der Waals surface area contributed by atoms with Crippen LogP contribution in [0.3, 0.4) is 0 Å². The monoisotopic (exact) mass is 446 g/mol. The summed E-state index contributed by atoms with van der Waals surface area (Å²) in [5.74, 6) is 1.12. The van der Waals surface area contributed by atoms with Crippen LogP contribution in [0.15, 0.2) is 34.2 Å². The summed E-state index contributed by atoms with van der Waals surface area (Å²) in [6.45, 7) is 5.32. The average Bonchev–Trinajstić information content (AvgIpc) is 2.92. The molecule has 0 bridgehead atoms. The van der Waals surface area contributed by atoms with E-state index in [0.29, 0.717) is 31.9 Å². The summed E-state index contributed by atoms with van der Waals surface area (Å²) in [6.07, 6.45) is 7.52. The van der Waals surface area contributed by atoms with Gasteiger partial charge < -0.3 is 9.64 Å². The fourth-order valence-corrected chi connectivity index (χ4v) is 5.89. The summed E-state index contributed by atoms with van der Waals surface area (Å²) < 4.78 is 23.0. The number of rotatable bonds is 6. The number of carbonyl (C=O) groups is 2. The van der Waals surface area contributed by atoms with E-state index >= 15 is 0 Å². The lowest BCUT2D eigenvalue weighted by Crippen LogP contribution is -2.34. The molecule has 0 saturated carbocycles. The number of carbonyl (C=O) groups excluding carboxylic acids is 2. The molecular weight excluding hydrogens is 412 g/mol. The van der Waals surface area contributed by atoms with Gasteiger partial charge in [-0.2, -0.15) is 4.36 Å². The van der Waals surface area contributed by atoms with E-state index in [-0.39, 0.29) is 30.4 Å². The first-order valence-corrected chi connectivity index (χ1v) is 13.1. The number of benzene rings is 1. The molecule has 3 rings (SSSR count). The highest BCUT2D eigenvalue weighted by atomic mass is 32.2. The van der Waals surface area contributed by atoms with Gasteiger partial charge in [0.15, 0.2) is 0 Å². The molecule has 1 heterocycles. The standard InChI is InChI=1S/C24H34N2O4S/c1-19-9-10-22(17-20(19)2)30-14-11-24(28)26-12-6-15-31(29,16-13-26)25-23(27)18-21-7-4-3-5-8-21/h7,9-10,17H,3-6,8,11-16,18H2,1-2H3. The number of hydrogen-bond donors (Lipinski definition) is 0. The molecular formula is C24H34N2O4S. The van der Waals surface area contributed by atoms with E-state index in [4.69, 9.17) is 4.74 Å². The van der Waals surface area contributed by atoms with Crippen molar-refractivity contribution in [2.45, 2.75) is 58.8 Å². The lowest BCUT2D eigenvalue weighted by molar-refractivity contribution is -0.131. The molecule has 0 radical (unpaired) electrons. The third-order valence-electron chi connectivity index (χ3n) is 6.02. The van der Waals surface area contributed by atoms with E-state index in [1.54, 1.807) is 4.90 Å². The van der Waals surface area contributed by atoms with Gasteiger partial charge in [0.05, 0.1) is 29.2 Å². The molecule has 0 N–H and O–H groups in total. The summed E-state index contributed by atoms with van der Waals surface area (Å²) in [7, 11) is -2.59. The molecule has 0 spiro atoms. The second-order valence-electron chi connectivity index (χ2n) is 8.53. The van der Waals surface area contributed by atoms with Crippen LogP contribution < -0.4 is 4.74 Å². The van der Waals surface area contributed by atoms with Crippen molar-refractivity contribution in [3.63, 3.8) is 0 Å². The molecule has 31 heavy (non-hydrogen) atoms. The van der Waals surface area contributed by atoms with Crippen LogP contribution in [0.4, 0.5) is 0 Å². The predicted molar refractivity (Wildman–Crippen MR) is 124 cm³/mol. The Labute approximate surface area is 186 Å². The Morgan fingerprint density at radius 2 is 1.94 bits per heavy atom. The van der Waals surface area contributed by atoms with E-state index in [1.807, 2.05) is 32.0 Å². The van der Waals surface area contributed by atoms with Crippen LogP contribution in [0, 0.1) is 13.8 Å². The number of nitrogens with zero attached hydrogens (tertiary/aromatic N) is 2. The average molecular weight is 447 g/mol. The van der Waals surface area contributed by atoms with Gasteiger partial charge in [0, 0.05) is 24.6 Å². The first-order chi connectivity index (χ1) is 14.8. The summed E-state index contributed by atoms with van der Waals surface area (Å²) >= 11 is 0. The van der Waals surface area contributed by atoms with Crippen molar-refractivity contribution in [1.29, 1.82) is 0 Å². The SMILES string of the molecule is Cc1ccc(OCCC(=O)N2CCCS(=O)(=NC(=O)CC3=CCCCC3)CC2)cc1C. The first-order valence-electron chi connectivity index (χ1n) is 11.3. The molecule has 0 aromatic heterocycles. The van der Waals surface area contributed by atoms with Crippen LogP contribution in [0.25, 0.3) is 0 Å². The summed E-state index contributed by atoms with van der Waals surface area (Å²) in [5.41, 5.74) is 3.48. The molecule has 1 aromatic rings. The van der Waals surface area contributed by atoms with E-state index < -0.39 is 9.73 Å². The summed E-state index contributed by atoms with van der Waals surface area (Å²) in [4.78, 5) is 26.7. The number of amides is 2. The van der Waals surface area contributed by atoms with Gasteiger partial charge in [-0.25, -0.2) is 4.21 Å². The Balaban J connectivity index is 1.49. The smallest absolute Gasteiger partial charge is 0.257 e. The van der Waals surface area contributed by atoms with Crippen molar-refractivity contribution < 1.29 is 18.5 Å². The van der Waals surface area contributed by atoms with Crippen LogP contribution in [0.1, 0.15) is 56.1 Å². The van der Waals surface area contributed by atoms with Crippen molar-refractivity contribution in [3.8, 4) is 5.75 Å². The molecule has 1 unspecified atom stereocenters. The van der Waals surface area contributed by atoms with Crippen molar-refractivity contribution in [2.24, 2.45) is 4.36 Å². The minimum absolute atomic E-state index is 0.00817. The second kappa shape index (κ2) is 10.9. The fraction of sp³-hybridized carbons (Fsp3) is 0.583. The van der Waals surface area contributed by atoms with Crippen LogP contribution in [0.5, 0.6) is 5.75 Å². The largest absolute Gasteiger partial charge is 0.493 e. The van der Waals surface area contributed by atoms with Gasteiger partial charge in [-0.15, -0.1) is 0 Å². The lowest BCUT2D eigenvalue weighted by Gasteiger charge is -2.20. The molecule has 1 atom stereocenters. The van der Waals surface area contributed by atoms with Crippen LogP contribution in [-0.4, -0.2) is 52.1 Å². The van der Waals surface area contributed by atoms with E-state index in [1.165, 1.54) is 12.0 Å². The van der Waals surface area contributed by atoms with Crippen LogP contribution in [0.2, 0.25) is 0 Å². The quantitative estimate of drug-likeness (QED) is 0.614. The van der Waals surface area contributed by atoms with Crippen molar-refractivity contribution in [3.05, 3.63) is 41.0 Å². The van der Waals surface area contributed by atoms with E-state index in [9.17, 15) is 13.8 Å². The van der Waals surface area contributed by atoms with Crippen molar-refractivity contribution in [2.75, 3.05) is 31.2 Å². The highest BCUT2D eigenvalue weighted by Gasteiger charge is 2.23. The maximum absolute atomic E-state index is 13.1. The molecule has 6 nitrogen and oxygen atoms in total. The zero-order valence-corrected chi connectivity index (χ0v) is 19.5. The minimum atomic E-state index is -2.59. The van der Waals surface area contributed by atoms with Gasteiger partial charge in [0.2, 0.25) is 5.91 Å². The topological polar surface area (TPSA) is 76.0 Å². The minimum Gasteiger partial charge on any atom is -0.493 e. The zero-order chi connectivity index (χ0) is 22.3. The Hall–Kier alpha value is -2.15. The van der Waals surface area contributed by atoms with Crippen LogP contribution in [-0.2, 0) is 19.3 Å². The fourth-order valence-electron chi connectivity index (χ4n) is 3.98. The lowest BCUT2D eigenvalue weighted by atomic mass is 9.97. The molecule has 2 aliphatic rings. The van der Waals surface area contributed by atoms with Gasteiger partial charge in [-0.3, -0.25) is 9.59 Å². The van der Waals surface area contributed by atoms with Gasteiger partial charge in [-0.1, -0.05) is 17.7 Å². The normalized spacial score (nSPS) is 21.7. The van der Waals surface area contributed by atoms with E-state index in [0.717, 1.165) is 36.1 Å². The predicted octanol–water partition coefficient (Wildman–Crippen LogP) is 4.19.